The topological polar surface area (TPSA) is 49.3 Å². The Labute approximate surface area is 208 Å². The Morgan fingerprint density at radius 3 is 2.46 bits per heavy atom. The van der Waals surface area contributed by atoms with Crippen molar-refractivity contribution in [1.82, 2.24) is 14.9 Å². The second kappa shape index (κ2) is 10.1. The van der Waals surface area contributed by atoms with Gasteiger partial charge in [0.15, 0.2) is 5.78 Å². The molecule has 0 aliphatic carbocycles. The van der Waals surface area contributed by atoms with Crippen LogP contribution in [-0.2, 0) is 11.3 Å². The molecule has 5 nitrogen and oxygen atoms in total. The van der Waals surface area contributed by atoms with Gasteiger partial charge in [0.1, 0.15) is 5.82 Å². The van der Waals surface area contributed by atoms with Crippen LogP contribution in [0.3, 0.4) is 0 Å². The van der Waals surface area contributed by atoms with E-state index in [2.05, 4.69) is 46.2 Å². The largest absolute Gasteiger partial charge is 0.357 e. The van der Waals surface area contributed by atoms with Gasteiger partial charge in [-0.05, 0) is 55.2 Å². The number of hydrogen-bond acceptors (Lipinski definition) is 5. The molecular weight excluding hydrogens is 432 g/mol. The number of hydrogen-bond donors (Lipinski definition) is 0. The van der Waals surface area contributed by atoms with E-state index in [9.17, 15) is 4.79 Å². The first-order chi connectivity index (χ1) is 17.0. The van der Waals surface area contributed by atoms with Gasteiger partial charge in [-0.1, -0.05) is 56.3 Å². The van der Waals surface area contributed by atoms with Crippen molar-refractivity contribution in [2.24, 2.45) is 5.41 Å². The molecule has 2 aliphatic rings. The molecule has 1 aromatic carbocycles. The molecule has 180 valence electrons. The van der Waals surface area contributed by atoms with Gasteiger partial charge in [0.25, 0.3) is 0 Å². The molecule has 2 saturated heterocycles. The zero-order valence-corrected chi connectivity index (χ0v) is 20.7. The van der Waals surface area contributed by atoms with Gasteiger partial charge in [-0.2, -0.15) is 0 Å². The van der Waals surface area contributed by atoms with Gasteiger partial charge in [0, 0.05) is 43.4 Å². The lowest BCUT2D eigenvalue weighted by atomic mass is 9.75. The quantitative estimate of drug-likeness (QED) is 0.451. The molecule has 35 heavy (non-hydrogen) atoms. The lowest BCUT2D eigenvalue weighted by Gasteiger charge is -2.44. The van der Waals surface area contributed by atoms with Crippen LogP contribution in [0.1, 0.15) is 56.1 Å². The predicted octanol–water partition coefficient (Wildman–Crippen LogP) is 5.70. The van der Waals surface area contributed by atoms with E-state index in [0.29, 0.717) is 6.54 Å². The maximum Gasteiger partial charge on any atom is 0.167 e. The zero-order valence-electron chi connectivity index (χ0n) is 20.7. The van der Waals surface area contributed by atoms with Crippen molar-refractivity contribution in [2.75, 3.05) is 24.5 Å². The second-order valence-corrected chi connectivity index (χ2v) is 10.3. The summed E-state index contributed by atoms with van der Waals surface area (Å²) >= 11 is 0. The molecule has 0 radical (unpaired) electrons. The maximum absolute atomic E-state index is 13.9. The molecule has 0 amide bonds. The Morgan fingerprint density at radius 2 is 1.71 bits per heavy atom. The molecule has 2 aliphatic heterocycles. The highest BCUT2D eigenvalue weighted by Gasteiger charge is 2.44. The zero-order chi connectivity index (χ0) is 24.3. The van der Waals surface area contributed by atoms with Crippen molar-refractivity contribution in [3.8, 4) is 0 Å². The van der Waals surface area contributed by atoms with Gasteiger partial charge < -0.3 is 4.90 Å². The van der Waals surface area contributed by atoms with Crippen LogP contribution in [-0.4, -0.2) is 40.3 Å². The van der Waals surface area contributed by atoms with E-state index in [1.165, 1.54) is 24.8 Å². The van der Waals surface area contributed by atoms with Crippen LogP contribution in [0.5, 0.6) is 0 Å². The highest BCUT2D eigenvalue weighted by Crippen LogP contribution is 2.41. The number of rotatable bonds is 5. The number of anilines is 1. The molecule has 0 saturated carbocycles. The average molecular weight is 467 g/mol. The van der Waals surface area contributed by atoms with Gasteiger partial charge in [0.05, 0.1) is 17.4 Å². The summed E-state index contributed by atoms with van der Waals surface area (Å²) in [6.07, 6.45) is 7.51. The third kappa shape index (κ3) is 5.20. The van der Waals surface area contributed by atoms with Gasteiger partial charge in [-0.25, -0.2) is 4.98 Å². The van der Waals surface area contributed by atoms with E-state index in [1.807, 2.05) is 56.5 Å². The number of benzene rings is 1. The lowest BCUT2D eigenvalue weighted by Crippen LogP contribution is -2.49. The summed E-state index contributed by atoms with van der Waals surface area (Å²) in [5.74, 6) is 1.17. The summed E-state index contributed by atoms with van der Waals surface area (Å²) in [5.41, 5.74) is 3.21. The number of ketones is 1. The molecular formula is C30H34N4O. The first-order valence-electron chi connectivity index (χ1n) is 12.7. The number of aromatic nitrogens is 2. The molecule has 3 aromatic rings. The first-order valence-corrected chi connectivity index (χ1v) is 12.7. The third-order valence-corrected chi connectivity index (χ3v) is 7.07. The van der Waals surface area contributed by atoms with Crippen LogP contribution in [0.15, 0.2) is 78.5 Å². The first kappa shape index (κ1) is 23.4. The van der Waals surface area contributed by atoms with E-state index >= 15 is 0 Å². The van der Waals surface area contributed by atoms with Gasteiger partial charge in [-0.15, -0.1) is 0 Å². The summed E-state index contributed by atoms with van der Waals surface area (Å²) in [6.45, 7) is 7.60. The van der Waals surface area contributed by atoms with Crippen molar-refractivity contribution in [3.63, 3.8) is 0 Å². The summed E-state index contributed by atoms with van der Waals surface area (Å²) in [5, 5.41) is 0. The Kier molecular flexibility index (Phi) is 6.78. The molecule has 2 fully saturated rings. The van der Waals surface area contributed by atoms with Crippen LogP contribution in [0, 0.1) is 5.41 Å². The molecule has 1 atom stereocenters. The molecule has 5 heteroatoms. The monoisotopic (exact) mass is 466 g/mol. The Morgan fingerprint density at radius 1 is 0.943 bits per heavy atom. The SMILES string of the molecule is CC1(C)CN(Cc2ccccc2)C(c2ccccn2)/C(=C/c2cccc(N3CCCCC3)n2)C1=O. The Bertz CT molecular complexity index is 1180. The van der Waals surface area contributed by atoms with Crippen molar-refractivity contribution in [2.45, 2.75) is 45.7 Å². The number of carbonyl (C=O) groups is 1. The molecule has 1 unspecified atom stereocenters. The molecule has 2 aromatic heterocycles. The van der Waals surface area contributed by atoms with Crippen LogP contribution in [0.25, 0.3) is 6.08 Å². The fourth-order valence-corrected chi connectivity index (χ4v) is 5.35. The van der Waals surface area contributed by atoms with E-state index in [4.69, 9.17) is 9.97 Å². The average Bonchev–Trinajstić information content (AvgIpc) is 2.89. The number of carbonyl (C=O) groups excluding carboxylic acids is 1. The minimum absolute atomic E-state index is 0.169. The second-order valence-electron chi connectivity index (χ2n) is 10.3. The predicted molar refractivity (Wildman–Crippen MR) is 141 cm³/mol. The number of nitrogens with zero attached hydrogens (tertiary/aromatic N) is 4. The Hall–Kier alpha value is -3.31. The normalized spacial score (nSPS) is 21.9. The van der Waals surface area contributed by atoms with Crippen LogP contribution in [0.4, 0.5) is 5.82 Å². The van der Waals surface area contributed by atoms with Gasteiger partial charge >= 0.3 is 0 Å². The third-order valence-electron chi connectivity index (χ3n) is 7.07. The Balaban J connectivity index is 1.57. The van der Waals surface area contributed by atoms with Crippen LogP contribution in [0.2, 0.25) is 0 Å². The maximum atomic E-state index is 13.9. The van der Waals surface area contributed by atoms with Gasteiger partial charge in [0.2, 0.25) is 0 Å². The highest BCUT2D eigenvalue weighted by atomic mass is 16.1. The minimum Gasteiger partial charge on any atom is -0.357 e. The van der Waals surface area contributed by atoms with Gasteiger partial charge in [-0.3, -0.25) is 14.7 Å². The smallest absolute Gasteiger partial charge is 0.167 e. The van der Waals surface area contributed by atoms with E-state index in [-0.39, 0.29) is 11.8 Å². The number of piperidine rings is 2. The van der Waals surface area contributed by atoms with Crippen molar-refractivity contribution < 1.29 is 4.79 Å². The molecule has 0 bridgehead atoms. The highest BCUT2D eigenvalue weighted by molar-refractivity contribution is 6.05. The standard InChI is InChI=1S/C30H34N4O/c1-30(2)22-34(21-23-12-5-3-6-13-23)28(26-15-7-8-17-31-26)25(29(30)35)20-24-14-11-16-27(32-24)33-18-9-4-10-19-33/h3,5-8,11-17,20,28H,4,9-10,18-19,21-22H2,1-2H3/b25-20-. The van der Waals surface area contributed by atoms with Crippen molar-refractivity contribution in [3.05, 3.63) is 95.5 Å². The van der Waals surface area contributed by atoms with E-state index in [0.717, 1.165) is 42.4 Å². The summed E-state index contributed by atoms with van der Waals surface area (Å²) in [6, 6.07) is 22.3. The molecule has 5 rings (SSSR count). The molecule has 4 heterocycles. The van der Waals surface area contributed by atoms with Crippen LogP contribution < -0.4 is 4.90 Å². The fourth-order valence-electron chi connectivity index (χ4n) is 5.35. The van der Waals surface area contributed by atoms with Crippen molar-refractivity contribution in [1.29, 1.82) is 0 Å². The summed E-state index contributed by atoms with van der Waals surface area (Å²) in [7, 11) is 0. The number of Topliss-reactive ketones (excluding diaryl/α,β-unsaturated/α-hetero) is 1. The summed E-state index contributed by atoms with van der Waals surface area (Å²) in [4.78, 5) is 28.3. The molecule has 0 spiro atoms. The van der Waals surface area contributed by atoms with E-state index in [1.54, 1.807) is 0 Å². The lowest BCUT2D eigenvalue weighted by molar-refractivity contribution is -0.128. The fraction of sp³-hybridized carbons (Fsp3) is 0.367. The number of pyridine rings is 2. The minimum atomic E-state index is -0.504. The van der Waals surface area contributed by atoms with E-state index < -0.39 is 5.41 Å². The summed E-state index contributed by atoms with van der Waals surface area (Å²) < 4.78 is 0. The molecule has 0 N–H and O–H groups in total. The van der Waals surface area contributed by atoms with Crippen LogP contribution >= 0.6 is 0 Å². The number of likely N-dealkylation sites (tertiary alicyclic amines) is 1. The van der Waals surface area contributed by atoms with Crippen molar-refractivity contribution >= 4 is 17.7 Å².